The van der Waals surface area contributed by atoms with Gasteiger partial charge in [0.1, 0.15) is 5.01 Å². The van der Waals surface area contributed by atoms with E-state index in [-0.39, 0.29) is 29.6 Å². The fraction of sp³-hybridized carbons (Fsp3) is 0.565. The van der Waals surface area contributed by atoms with Crippen LogP contribution in [0.3, 0.4) is 0 Å². The Bertz CT molecular complexity index is 953. The zero-order chi connectivity index (χ0) is 20.3. The molecule has 6 nitrogen and oxygen atoms in total. The standard InChI is InChI=1S/C23H26N4O2S/c28-19-9-17(13-27(19)18-4-2-1-3-5-18)20(29)24-22-26-25-21(30-22)23-10-14-6-15(11-23)8-16(7-14)12-23/h1-5,14-17H,6-13H2,(H,24,26,29). The van der Waals surface area contributed by atoms with Crippen molar-refractivity contribution in [3.63, 3.8) is 0 Å². The number of para-hydroxylation sites is 1. The summed E-state index contributed by atoms with van der Waals surface area (Å²) in [5.41, 5.74) is 1.04. The highest BCUT2D eigenvalue weighted by Crippen LogP contribution is 2.61. The van der Waals surface area contributed by atoms with Gasteiger partial charge in [-0.2, -0.15) is 0 Å². The van der Waals surface area contributed by atoms with Crippen molar-refractivity contribution in [1.82, 2.24) is 10.2 Å². The summed E-state index contributed by atoms with van der Waals surface area (Å²) in [6.45, 7) is 0.412. The summed E-state index contributed by atoms with van der Waals surface area (Å²) >= 11 is 1.55. The number of nitrogens with one attached hydrogen (secondary N) is 1. The largest absolute Gasteiger partial charge is 0.312 e. The number of rotatable bonds is 4. The summed E-state index contributed by atoms with van der Waals surface area (Å²) in [7, 11) is 0. The first-order chi connectivity index (χ1) is 14.6. The summed E-state index contributed by atoms with van der Waals surface area (Å²) in [5, 5.41) is 13.5. The molecule has 2 aromatic rings. The Morgan fingerprint density at radius 3 is 2.37 bits per heavy atom. The fourth-order valence-electron chi connectivity index (χ4n) is 6.81. The number of carbonyl (C=O) groups is 2. The number of nitrogens with zero attached hydrogens (tertiary/aromatic N) is 3. The second-order valence-corrected chi connectivity index (χ2v) is 10.8. The maximum absolute atomic E-state index is 12.8. The lowest BCUT2D eigenvalue weighted by molar-refractivity contribution is -0.122. The minimum absolute atomic E-state index is 0.00660. The van der Waals surface area contributed by atoms with Crippen LogP contribution in [0.4, 0.5) is 10.8 Å². The topological polar surface area (TPSA) is 75.2 Å². The van der Waals surface area contributed by atoms with E-state index in [9.17, 15) is 9.59 Å². The van der Waals surface area contributed by atoms with Crippen LogP contribution in [0.25, 0.3) is 0 Å². The Labute approximate surface area is 180 Å². The van der Waals surface area contributed by atoms with Crippen LogP contribution in [0.1, 0.15) is 50.0 Å². The average Bonchev–Trinajstić information content (AvgIpc) is 3.35. The smallest absolute Gasteiger partial charge is 0.231 e. The van der Waals surface area contributed by atoms with Crippen LogP contribution in [-0.4, -0.2) is 28.6 Å². The third-order valence-corrected chi connectivity index (χ3v) is 8.80. The number of anilines is 2. The van der Waals surface area contributed by atoms with Gasteiger partial charge >= 0.3 is 0 Å². The summed E-state index contributed by atoms with van der Waals surface area (Å²) in [6, 6.07) is 9.54. The molecule has 7 rings (SSSR count). The highest BCUT2D eigenvalue weighted by Gasteiger charge is 2.53. The van der Waals surface area contributed by atoms with E-state index in [0.717, 1.165) is 28.4 Å². The van der Waals surface area contributed by atoms with Crippen molar-refractivity contribution in [3.8, 4) is 0 Å². The van der Waals surface area contributed by atoms with E-state index in [1.54, 1.807) is 16.2 Å². The van der Waals surface area contributed by atoms with Crippen molar-refractivity contribution in [2.45, 2.75) is 50.4 Å². The molecule has 1 unspecified atom stereocenters. The number of aromatic nitrogens is 2. The second-order valence-electron chi connectivity index (χ2n) is 9.84. The van der Waals surface area contributed by atoms with Crippen molar-refractivity contribution in [2.75, 3.05) is 16.8 Å². The molecule has 1 saturated heterocycles. The lowest BCUT2D eigenvalue weighted by Gasteiger charge is -2.55. The predicted octanol–water partition coefficient (Wildman–Crippen LogP) is 4.00. The minimum Gasteiger partial charge on any atom is -0.312 e. The number of carbonyl (C=O) groups excluding carboxylic acids is 2. The molecule has 1 aromatic heterocycles. The van der Waals surface area contributed by atoms with Gasteiger partial charge in [-0.25, -0.2) is 0 Å². The average molecular weight is 423 g/mol. The van der Waals surface area contributed by atoms with Crippen molar-refractivity contribution < 1.29 is 9.59 Å². The van der Waals surface area contributed by atoms with E-state index in [2.05, 4.69) is 15.5 Å². The molecule has 7 heteroatoms. The Morgan fingerprint density at radius 2 is 1.70 bits per heavy atom. The van der Waals surface area contributed by atoms with Gasteiger partial charge in [0.15, 0.2) is 0 Å². The Morgan fingerprint density at radius 1 is 1.03 bits per heavy atom. The van der Waals surface area contributed by atoms with Crippen LogP contribution < -0.4 is 10.2 Å². The van der Waals surface area contributed by atoms with E-state index < -0.39 is 0 Å². The lowest BCUT2D eigenvalue weighted by Crippen LogP contribution is -2.48. The van der Waals surface area contributed by atoms with Gasteiger partial charge in [0, 0.05) is 24.1 Å². The first kappa shape index (κ1) is 18.5. The van der Waals surface area contributed by atoms with E-state index >= 15 is 0 Å². The molecule has 4 bridgehead atoms. The molecule has 1 aliphatic heterocycles. The van der Waals surface area contributed by atoms with Crippen molar-refractivity contribution in [3.05, 3.63) is 35.3 Å². The molecule has 0 spiro atoms. The predicted molar refractivity (Wildman–Crippen MR) is 115 cm³/mol. The molecular weight excluding hydrogens is 396 g/mol. The maximum atomic E-state index is 12.8. The maximum Gasteiger partial charge on any atom is 0.231 e. The second kappa shape index (κ2) is 6.87. The van der Waals surface area contributed by atoms with E-state index in [1.165, 1.54) is 38.5 Å². The van der Waals surface area contributed by atoms with Crippen LogP contribution in [0.5, 0.6) is 0 Å². The molecule has 0 radical (unpaired) electrons. The summed E-state index contributed by atoms with van der Waals surface area (Å²) in [6.07, 6.45) is 8.15. The van der Waals surface area contributed by atoms with Gasteiger partial charge in [0.05, 0.1) is 5.92 Å². The van der Waals surface area contributed by atoms with Crippen LogP contribution in [0.2, 0.25) is 0 Å². The first-order valence-electron chi connectivity index (χ1n) is 11.1. The first-order valence-corrected chi connectivity index (χ1v) is 11.9. The van der Waals surface area contributed by atoms with Gasteiger partial charge in [-0.05, 0) is 68.4 Å². The lowest BCUT2D eigenvalue weighted by atomic mass is 9.50. The van der Waals surface area contributed by atoms with Gasteiger partial charge in [0.25, 0.3) is 0 Å². The van der Waals surface area contributed by atoms with Gasteiger partial charge in [0.2, 0.25) is 16.9 Å². The monoisotopic (exact) mass is 422 g/mol. The number of amides is 2. The zero-order valence-corrected chi connectivity index (χ0v) is 17.7. The van der Waals surface area contributed by atoms with Crippen molar-refractivity contribution in [2.24, 2.45) is 23.7 Å². The van der Waals surface area contributed by atoms with Crippen LogP contribution in [-0.2, 0) is 15.0 Å². The van der Waals surface area contributed by atoms with Crippen LogP contribution in [0, 0.1) is 23.7 Å². The summed E-state index contributed by atoms with van der Waals surface area (Å²) in [4.78, 5) is 27.0. The van der Waals surface area contributed by atoms with Crippen LogP contribution >= 0.6 is 11.3 Å². The molecule has 5 fully saturated rings. The van der Waals surface area contributed by atoms with Gasteiger partial charge < -0.3 is 10.2 Å². The van der Waals surface area contributed by atoms with E-state index in [0.29, 0.717) is 11.7 Å². The molecule has 1 atom stereocenters. The zero-order valence-electron chi connectivity index (χ0n) is 16.9. The van der Waals surface area contributed by atoms with Gasteiger partial charge in [-0.1, -0.05) is 29.5 Å². The Balaban J connectivity index is 1.15. The fourth-order valence-corrected chi connectivity index (χ4v) is 7.77. The Hall–Kier alpha value is -2.28. The highest BCUT2D eigenvalue weighted by molar-refractivity contribution is 7.15. The summed E-state index contributed by atoms with van der Waals surface area (Å²) < 4.78 is 0. The molecular formula is C23H26N4O2S. The molecule has 2 heterocycles. The molecule has 4 aliphatic carbocycles. The normalized spacial score (nSPS) is 34.5. The van der Waals surface area contributed by atoms with E-state index in [4.69, 9.17) is 0 Å². The molecule has 2 amide bonds. The van der Waals surface area contributed by atoms with Crippen molar-refractivity contribution in [1.29, 1.82) is 0 Å². The highest BCUT2D eigenvalue weighted by atomic mass is 32.1. The molecule has 1 aromatic carbocycles. The molecule has 5 aliphatic rings. The molecule has 1 N–H and O–H groups in total. The minimum atomic E-state index is -0.357. The van der Waals surface area contributed by atoms with Crippen LogP contribution in [0.15, 0.2) is 30.3 Å². The third kappa shape index (κ3) is 3.06. The third-order valence-electron chi connectivity index (χ3n) is 7.71. The number of hydrogen-bond donors (Lipinski definition) is 1. The molecule has 4 saturated carbocycles. The number of hydrogen-bond acceptors (Lipinski definition) is 5. The number of benzene rings is 1. The molecule has 156 valence electrons. The van der Waals surface area contributed by atoms with E-state index in [1.807, 2.05) is 30.3 Å². The SMILES string of the molecule is O=C(Nc1nnc(C23CC4CC(CC(C4)C2)C3)s1)C1CC(=O)N(c2ccccc2)C1. The van der Waals surface area contributed by atoms with Gasteiger partial charge in [-0.15, -0.1) is 10.2 Å². The molecule has 30 heavy (non-hydrogen) atoms. The Kier molecular flexibility index (Phi) is 4.23. The quantitative estimate of drug-likeness (QED) is 0.808. The van der Waals surface area contributed by atoms with Crippen molar-refractivity contribution >= 4 is 34.0 Å². The van der Waals surface area contributed by atoms with Gasteiger partial charge in [-0.3, -0.25) is 9.59 Å². The summed E-state index contributed by atoms with van der Waals surface area (Å²) in [5.74, 6) is 2.07.